The highest BCUT2D eigenvalue weighted by Gasteiger charge is 2.18. The Bertz CT molecular complexity index is 516. The van der Waals surface area contributed by atoms with Crippen LogP contribution in [0.3, 0.4) is 0 Å². The number of aromatic nitrogens is 3. The molecule has 15 heavy (non-hydrogen) atoms. The van der Waals surface area contributed by atoms with E-state index in [0.717, 1.165) is 22.3 Å². The van der Waals surface area contributed by atoms with Gasteiger partial charge in [0.05, 0.1) is 6.10 Å². The molecule has 0 spiro atoms. The zero-order valence-electron chi connectivity index (χ0n) is 9.02. The largest absolute Gasteiger partial charge is 0.389 e. The average molecular weight is 206 g/mol. The van der Waals surface area contributed by atoms with E-state index in [4.69, 9.17) is 5.73 Å². The van der Waals surface area contributed by atoms with E-state index in [9.17, 15) is 5.11 Å². The van der Waals surface area contributed by atoms with Gasteiger partial charge >= 0.3 is 0 Å². The van der Waals surface area contributed by atoms with Gasteiger partial charge in [0.1, 0.15) is 11.8 Å². The lowest BCUT2D eigenvalue weighted by Crippen LogP contribution is -2.00. The average Bonchev–Trinajstić information content (AvgIpc) is 2.40. The molecule has 0 amide bonds. The van der Waals surface area contributed by atoms with Crippen LogP contribution in [0.4, 0.5) is 5.82 Å². The number of hydrogen-bond acceptors (Lipinski definition) is 4. The van der Waals surface area contributed by atoms with Gasteiger partial charge in [0.2, 0.25) is 0 Å². The number of fused-ring (bicyclic) bond motifs is 1. The summed E-state index contributed by atoms with van der Waals surface area (Å²) in [6.45, 7) is 5.57. The molecule has 3 N–H and O–H groups in total. The SMILES string of the molecule is Cc1c(C(C)O)c(C)n2ncnc(N)c12. The number of nitrogen functional groups attached to an aromatic ring is 1. The number of aliphatic hydroxyl groups is 1. The summed E-state index contributed by atoms with van der Waals surface area (Å²) in [6.07, 6.45) is 0.895. The van der Waals surface area contributed by atoms with E-state index in [1.54, 1.807) is 11.4 Å². The molecule has 0 aliphatic carbocycles. The maximum atomic E-state index is 9.67. The standard InChI is InChI=1S/C10H14N4O/c1-5-8(7(3)15)6(2)14-9(5)10(11)12-4-13-14/h4,7,15H,1-3H3,(H2,11,12,13). The first kappa shape index (κ1) is 9.92. The Morgan fingerprint density at radius 1 is 1.47 bits per heavy atom. The summed E-state index contributed by atoms with van der Waals surface area (Å²) in [7, 11) is 0. The topological polar surface area (TPSA) is 76.4 Å². The Kier molecular flexibility index (Phi) is 2.12. The minimum atomic E-state index is -0.522. The van der Waals surface area contributed by atoms with Gasteiger partial charge in [-0.1, -0.05) is 0 Å². The van der Waals surface area contributed by atoms with Gasteiger partial charge in [-0.15, -0.1) is 0 Å². The molecule has 0 bridgehead atoms. The third-order valence-electron chi connectivity index (χ3n) is 2.70. The minimum absolute atomic E-state index is 0.442. The molecule has 1 atom stereocenters. The molecule has 0 radical (unpaired) electrons. The molecule has 1 unspecified atom stereocenters. The Morgan fingerprint density at radius 3 is 2.67 bits per heavy atom. The lowest BCUT2D eigenvalue weighted by atomic mass is 10.1. The van der Waals surface area contributed by atoms with Crippen molar-refractivity contribution in [3.63, 3.8) is 0 Å². The van der Waals surface area contributed by atoms with Gasteiger partial charge in [0.25, 0.3) is 0 Å². The number of nitrogens with zero attached hydrogens (tertiary/aromatic N) is 3. The fourth-order valence-corrected chi connectivity index (χ4v) is 2.10. The number of aryl methyl sites for hydroxylation is 2. The Hall–Kier alpha value is -1.62. The first-order chi connectivity index (χ1) is 7.04. The second kappa shape index (κ2) is 3.20. The van der Waals surface area contributed by atoms with Crippen molar-refractivity contribution < 1.29 is 5.11 Å². The van der Waals surface area contributed by atoms with Gasteiger partial charge in [-0.2, -0.15) is 5.10 Å². The Labute approximate surface area is 87.6 Å². The maximum Gasteiger partial charge on any atom is 0.151 e. The molecule has 2 aromatic rings. The second-order valence-electron chi connectivity index (χ2n) is 3.71. The highest BCUT2D eigenvalue weighted by Crippen LogP contribution is 2.28. The molecule has 2 rings (SSSR count). The highest BCUT2D eigenvalue weighted by atomic mass is 16.3. The van der Waals surface area contributed by atoms with Crippen LogP contribution in [0.5, 0.6) is 0 Å². The normalized spacial score (nSPS) is 13.3. The number of aliphatic hydroxyl groups excluding tert-OH is 1. The lowest BCUT2D eigenvalue weighted by molar-refractivity contribution is 0.198. The summed E-state index contributed by atoms with van der Waals surface area (Å²) < 4.78 is 1.72. The van der Waals surface area contributed by atoms with Gasteiger partial charge in [-0.3, -0.25) is 0 Å². The first-order valence-electron chi connectivity index (χ1n) is 4.80. The van der Waals surface area contributed by atoms with Crippen molar-refractivity contribution in [3.05, 3.63) is 23.1 Å². The van der Waals surface area contributed by atoms with Crippen LogP contribution >= 0.6 is 0 Å². The van der Waals surface area contributed by atoms with Crippen LogP contribution in [-0.2, 0) is 0 Å². The Balaban J connectivity index is 2.92. The summed E-state index contributed by atoms with van der Waals surface area (Å²) >= 11 is 0. The van der Waals surface area contributed by atoms with Crippen LogP contribution in [0.2, 0.25) is 0 Å². The third-order valence-corrected chi connectivity index (χ3v) is 2.70. The second-order valence-corrected chi connectivity index (χ2v) is 3.71. The molecule has 0 fully saturated rings. The molecular formula is C10H14N4O. The van der Waals surface area contributed by atoms with Crippen LogP contribution < -0.4 is 5.73 Å². The van der Waals surface area contributed by atoms with Crippen molar-refractivity contribution in [1.82, 2.24) is 14.6 Å². The van der Waals surface area contributed by atoms with E-state index >= 15 is 0 Å². The van der Waals surface area contributed by atoms with Gasteiger partial charge in [0, 0.05) is 11.3 Å². The zero-order chi connectivity index (χ0) is 11.2. The van der Waals surface area contributed by atoms with Gasteiger partial charge in [0.15, 0.2) is 5.82 Å². The molecule has 0 aliphatic heterocycles. The van der Waals surface area contributed by atoms with Crippen molar-refractivity contribution in [2.75, 3.05) is 5.73 Å². The van der Waals surface area contributed by atoms with Crippen LogP contribution in [0, 0.1) is 13.8 Å². The van der Waals surface area contributed by atoms with Crippen molar-refractivity contribution in [2.45, 2.75) is 26.9 Å². The quantitative estimate of drug-likeness (QED) is 0.729. The predicted molar refractivity (Wildman–Crippen MR) is 57.5 cm³/mol. The van der Waals surface area contributed by atoms with E-state index in [-0.39, 0.29) is 0 Å². The fraction of sp³-hybridized carbons (Fsp3) is 0.400. The Morgan fingerprint density at radius 2 is 2.13 bits per heavy atom. The number of hydrogen-bond donors (Lipinski definition) is 2. The number of anilines is 1. The third kappa shape index (κ3) is 1.27. The van der Waals surface area contributed by atoms with Gasteiger partial charge in [-0.05, 0) is 26.3 Å². The van der Waals surface area contributed by atoms with E-state index in [0.29, 0.717) is 5.82 Å². The zero-order valence-corrected chi connectivity index (χ0v) is 9.02. The number of rotatable bonds is 1. The molecule has 0 saturated carbocycles. The van der Waals surface area contributed by atoms with Crippen LogP contribution in [0.1, 0.15) is 29.8 Å². The molecule has 0 aromatic carbocycles. The van der Waals surface area contributed by atoms with Crippen molar-refractivity contribution in [3.8, 4) is 0 Å². The maximum absolute atomic E-state index is 9.67. The summed E-state index contributed by atoms with van der Waals surface area (Å²) in [5, 5.41) is 13.8. The van der Waals surface area contributed by atoms with Crippen LogP contribution in [0.25, 0.3) is 5.52 Å². The van der Waals surface area contributed by atoms with E-state index in [2.05, 4.69) is 10.1 Å². The minimum Gasteiger partial charge on any atom is -0.389 e. The van der Waals surface area contributed by atoms with Crippen molar-refractivity contribution in [2.24, 2.45) is 0 Å². The van der Waals surface area contributed by atoms with Gasteiger partial charge < -0.3 is 10.8 Å². The van der Waals surface area contributed by atoms with Crippen molar-refractivity contribution >= 4 is 11.3 Å². The van der Waals surface area contributed by atoms with E-state index < -0.39 is 6.10 Å². The molecule has 0 aliphatic rings. The van der Waals surface area contributed by atoms with Gasteiger partial charge in [-0.25, -0.2) is 9.50 Å². The summed E-state index contributed by atoms with van der Waals surface area (Å²) in [5.41, 5.74) is 9.30. The molecular weight excluding hydrogens is 192 g/mol. The summed E-state index contributed by atoms with van der Waals surface area (Å²) in [5.74, 6) is 0.442. The predicted octanol–water partition coefficient (Wildman–Crippen LogP) is 0.982. The molecule has 5 nitrogen and oxygen atoms in total. The first-order valence-corrected chi connectivity index (χ1v) is 4.80. The molecule has 0 saturated heterocycles. The smallest absolute Gasteiger partial charge is 0.151 e. The molecule has 2 aromatic heterocycles. The summed E-state index contributed by atoms with van der Waals surface area (Å²) in [4.78, 5) is 3.95. The van der Waals surface area contributed by atoms with Crippen LogP contribution in [-0.4, -0.2) is 19.7 Å². The fourth-order valence-electron chi connectivity index (χ4n) is 2.10. The van der Waals surface area contributed by atoms with Crippen molar-refractivity contribution in [1.29, 1.82) is 0 Å². The monoisotopic (exact) mass is 206 g/mol. The van der Waals surface area contributed by atoms with E-state index in [1.807, 2.05) is 13.8 Å². The highest BCUT2D eigenvalue weighted by molar-refractivity contribution is 5.73. The molecule has 5 heteroatoms. The number of nitrogens with two attached hydrogens (primary N) is 1. The van der Waals surface area contributed by atoms with E-state index in [1.165, 1.54) is 6.33 Å². The molecule has 2 heterocycles. The summed E-state index contributed by atoms with van der Waals surface area (Å²) in [6, 6.07) is 0. The molecule has 80 valence electrons. The lowest BCUT2D eigenvalue weighted by Gasteiger charge is -2.04. The van der Waals surface area contributed by atoms with Crippen LogP contribution in [0.15, 0.2) is 6.33 Å².